The van der Waals surface area contributed by atoms with E-state index in [2.05, 4.69) is 15.3 Å². The van der Waals surface area contributed by atoms with Crippen LogP contribution >= 0.6 is 0 Å². The molecule has 1 aliphatic heterocycles. The van der Waals surface area contributed by atoms with E-state index in [1.165, 1.54) is 0 Å². The van der Waals surface area contributed by atoms with E-state index in [4.69, 9.17) is 0 Å². The minimum Gasteiger partial charge on any atom is -0.340 e. The van der Waals surface area contributed by atoms with Gasteiger partial charge in [0.25, 0.3) is 0 Å². The van der Waals surface area contributed by atoms with E-state index in [1.807, 2.05) is 30.9 Å². The van der Waals surface area contributed by atoms with Crippen LogP contribution < -0.4 is 0 Å². The number of nitrogens with one attached hydrogen (secondary N) is 1. The number of aromatic nitrogens is 4. The Balaban J connectivity index is 1.66. The second-order valence-corrected chi connectivity index (χ2v) is 5.78. The SMILES string of the molecule is Cc1cc(C)n(CC(=O)N2CCC[C@H](c3ccn[nH]3)C2)n1. The van der Waals surface area contributed by atoms with Gasteiger partial charge in [-0.05, 0) is 38.8 Å². The highest BCUT2D eigenvalue weighted by Crippen LogP contribution is 2.25. The average Bonchev–Trinajstić information content (AvgIpc) is 3.09. The summed E-state index contributed by atoms with van der Waals surface area (Å²) in [6.45, 7) is 5.86. The van der Waals surface area contributed by atoms with Crippen molar-refractivity contribution >= 4 is 5.91 Å². The van der Waals surface area contributed by atoms with E-state index in [0.29, 0.717) is 12.5 Å². The Morgan fingerprint density at radius 3 is 3.00 bits per heavy atom. The number of carbonyl (C=O) groups excluding carboxylic acids is 1. The van der Waals surface area contributed by atoms with Gasteiger partial charge in [0.1, 0.15) is 6.54 Å². The second kappa shape index (κ2) is 5.71. The topological polar surface area (TPSA) is 66.8 Å². The molecular formula is C15H21N5O. The van der Waals surface area contributed by atoms with Crippen molar-refractivity contribution < 1.29 is 4.79 Å². The summed E-state index contributed by atoms with van der Waals surface area (Å²) in [5.41, 5.74) is 3.11. The molecule has 1 atom stereocenters. The molecular weight excluding hydrogens is 266 g/mol. The first-order valence-electron chi connectivity index (χ1n) is 7.41. The minimum atomic E-state index is 0.144. The van der Waals surface area contributed by atoms with Crippen molar-refractivity contribution in [3.05, 3.63) is 35.4 Å². The molecule has 0 radical (unpaired) electrons. The van der Waals surface area contributed by atoms with Crippen molar-refractivity contribution in [1.29, 1.82) is 0 Å². The largest absolute Gasteiger partial charge is 0.340 e. The maximum atomic E-state index is 12.5. The Morgan fingerprint density at radius 2 is 2.33 bits per heavy atom. The molecule has 1 amide bonds. The van der Waals surface area contributed by atoms with Crippen LogP contribution in [0.4, 0.5) is 0 Å². The Kier molecular flexibility index (Phi) is 3.77. The number of likely N-dealkylation sites (tertiary alicyclic amines) is 1. The summed E-state index contributed by atoms with van der Waals surface area (Å²) >= 11 is 0. The smallest absolute Gasteiger partial charge is 0.244 e. The van der Waals surface area contributed by atoms with Crippen LogP contribution in [-0.4, -0.2) is 43.9 Å². The van der Waals surface area contributed by atoms with Crippen LogP contribution in [-0.2, 0) is 11.3 Å². The predicted molar refractivity (Wildman–Crippen MR) is 78.8 cm³/mol. The normalized spacial score (nSPS) is 19.0. The van der Waals surface area contributed by atoms with Crippen LogP contribution in [0.3, 0.4) is 0 Å². The third-order valence-corrected chi connectivity index (χ3v) is 4.12. The summed E-state index contributed by atoms with van der Waals surface area (Å²) in [6, 6.07) is 4.00. The Labute approximate surface area is 124 Å². The van der Waals surface area contributed by atoms with Gasteiger partial charge < -0.3 is 4.90 Å². The van der Waals surface area contributed by atoms with Crippen LogP contribution in [0, 0.1) is 13.8 Å². The van der Waals surface area contributed by atoms with Crippen LogP contribution in [0.2, 0.25) is 0 Å². The number of piperidine rings is 1. The lowest BCUT2D eigenvalue weighted by Gasteiger charge is -2.32. The van der Waals surface area contributed by atoms with Crippen molar-refractivity contribution in [1.82, 2.24) is 24.9 Å². The molecule has 0 bridgehead atoms. The zero-order valence-corrected chi connectivity index (χ0v) is 12.5. The molecule has 2 aromatic rings. The van der Waals surface area contributed by atoms with Gasteiger partial charge in [0.2, 0.25) is 5.91 Å². The molecule has 21 heavy (non-hydrogen) atoms. The first-order valence-corrected chi connectivity index (χ1v) is 7.41. The molecule has 1 saturated heterocycles. The standard InChI is InChI=1S/C15H21N5O/c1-11-8-12(2)20(18-11)10-15(21)19-7-3-4-13(9-19)14-5-6-16-17-14/h5-6,8,13H,3-4,7,9-10H2,1-2H3,(H,16,17)/t13-/m0/s1. The number of carbonyl (C=O) groups is 1. The van der Waals surface area contributed by atoms with E-state index in [0.717, 1.165) is 43.0 Å². The summed E-state index contributed by atoms with van der Waals surface area (Å²) in [7, 11) is 0. The van der Waals surface area contributed by atoms with Gasteiger partial charge in [-0.1, -0.05) is 0 Å². The molecule has 1 aliphatic rings. The van der Waals surface area contributed by atoms with Crippen molar-refractivity contribution in [2.45, 2.75) is 39.2 Å². The third-order valence-electron chi connectivity index (χ3n) is 4.12. The number of H-pyrrole nitrogens is 1. The van der Waals surface area contributed by atoms with E-state index in [9.17, 15) is 4.79 Å². The van der Waals surface area contributed by atoms with Gasteiger partial charge in [-0.3, -0.25) is 14.6 Å². The summed E-state index contributed by atoms with van der Waals surface area (Å²) in [5, 5.41) is 11.4. The molecule has 0 spiro atoms. The summed E-state index contributed by atoms with van der Waals surface area (Å²) in [4.78, 5) is 14.4. The molecule has 1 N–H and O–H groups in total. The maximum Gasteiger partial charge on any atom is 0.244 e. The lowest BCUT2D eigenvalue weighted by atomic mass is 9.95. The van der Waals surface area contributed by atoms with E-state index in [-0.39, 0.29) is 5.91 Å². The summed E-state index contributed by atoms with van der Waals surface area (Å²) < 4.78 is 1.79. The highest BCUT2D eigenvalue weighted by atomic mass is 16.2. The number of aryl methyl sites for hydroxylation is 2. The first kappa shape index (κ1) is 13.9. The van der Waals surface area contributed by atoms with Crippen molar-refractivity contribution in [3.8, 4) is 0 Å². The highest BCUT2D eigenvalue weighted by Gasteiger charge is 2.25. The number of hydrogen-bond donors (Lipinski definition) is 1. The fraction of sp³-hybridized carbons (Fsp3) is 0.533. The van der Waals surface area contributed by atoms with Crippen LogP contribution in [0.15, 0.2) is 18.3 Å². The van der Waals surface area contributed by atoms with Crippen molar-refractivity contribution in [3.63, 3.8) is 0 Å². The molecule has 6 heteroatoms. The molecule has 2 aromatic heterocycles. The quantitative estimate of drug-likeness (QED) is 0.933. The zero-order valence-electron chi connectivity index (χ0n) is 12.5. The predicted octanol–water partition coefficient (Wildman–Crippen LogP) is 1.63. The number of aromatic amines is 1. The Morgan fingerprint density at radius 1 is 1.48 bits per heavy atom. The molecule has 0 aliphatic carbocycles. The molecule has 3 rings (SSSR count). The van der Waals surface area contributed by atoms with Crippen molar-refractivity contribution in [2.24, 2.45) is 0 Å². The Bertz CT molecular complexity index is 616. The third kappa shape index (κ3) is 2.99. The van der Waals surface area contributed by atoms with Gasteiger partial charge in [0.15, 0.2) is 0 Å². The molecule has 1 fully saturated rings. The number of rotatable bonds is 3. The lowest BCUT2D eigenvalue weighted by molar-refractivity contribution is -0.133. The van der Waals surface area contributed by atoms with Crippen LogP contribution in [0.1, 0.15) is 35.8 Å². The van der Waals surface area contributed by atoms with Gasteiger partial charge in [-0.25, -0.2) is 0 Å². The van der Waals surface area contributed by atoms with Gasteiger partial charge in [0.05, 0.1) is 5.69 Å². The van der Waals surface area contributed by atoms with Gasteiger partial charge in [-0.2, -0.15) is 10.2 Å². The fourth-order valence-electron chi connectivity index (χ4n) is 3.01. The summed E-state index contributed by atoms with van der Waals surface area (Å²) in [5.74, 6) is 0.510. The highest BCUT2D eigenvalue weighted by molar-refractivity contribution is 5.76. The zero-order chi connectivity index (χ0) is 14.8. The number of hydrogen-bond acceptors (Lipinski definition) is 3. The monoisotopic (exact) mass is 287 g/mol. The van der Waals surface area contributed by atoms with Gasteiger partial charge in [0, 0.05) is 36.6 Å². The molecule has 112 valence electrons. The average molecular weight is 287 g/mol. The summed E-state index contributed by atoms with van der Waals surface area (Å²) in [6.07, 6.45) is 3.91. The Hall–Kier alpha value is -2.11. The van der Waals surface area contributed by atoms with Crippen LogP contribution in [0.25, 0.3) is 0 Å². The molecule has 0 saturated carbocycles. The molecule has 0 unspecified atom stereocenters. The number of nitrogens with zero attached hydrogens (tertiary/aromatic N) is 4. The fourth-order valence-corrected chi connectivity index (χ4v) is 3.01. The van der Waals surface area contributed by atoms with E-state index in [1.54, 1.807) is 10.9 Å². The lowest BCUT2D eigenvalue weighted by Crippen LogP contribution is -2.41. The first-order chi connectivity index (χ1) is 10.1. The molecule has 6 nitrogen and oxygen atoms in total. The minimum absolute atomic E-state index is 0.144. The van der Waals surface area contributed by atoms with Crippen molar-refractivity contribution in [2.75, 3.05) is 13.1 Å². The van der Waals surface area contributed by atoms with Gasteiger partial charge in [-0.15, -0.1) is 0 Å². The van der Waals surface area contributed by atoms with Gasteiger partial charge >= 0.3 is 0 Å². The second-order valence-electron chi connectivity index (χ2n) is 5.78. The maximum absolute atomic E-state index is 12.5. The molecule has 0 aromatic carbocycles. The van der Waals surface area contributed by atoms with E-state index >= 15 is 0 Å². The van der Waals surface area contributed by atoms with Crippen LogP contribution in [0.5, 0.6) is 0 Å². The number of amides is 1. The molecule has 3 heterocycles. The van der Waals surface area contributed by atoms with E-state index < -0.39 is 0 Å².